The molecule has 1 aromatic heterocycles. The number of carbonyl (C=O) groups excluding carboxylic acids is 2. The summed E-state index contributed by atoms with van der Waals surface area (Å²) in [6.45, 7) is 7.11. The number of methoxy groups -OCH3 is 1. The van der Waals surface area contributed by atoms with Crippen molar-refractivity contribution in [3.63, 3.8) is 0 Å². The van der Waals surface area contributed by atoms with Crippen molar-refractivity contribution in [3.05, 3.63) is 21.9 Å². The van der Waals surface area contributed by atoms with E-state index in [2.05, 4.69) is 10.6 Å². The first-order chi connectivity index (χ1) is 13.9. The van der Waals surface area contributed by atoms with Crippen molar-refractivity contribution in [2.24, 2.45) is 0 Å². The second-order valence-corrected chi connectivity index (χ2v) is 8.96. The van der Waals surface area contributed by atoms with Gasteiger partial charge in [-0.1, -0.05) is 0 Å². The number of likely N-dealkylation sites (tertiary alicyclic amines) is 1. The molecule has 10 nitrogen and oxygen atoms in total. The second kappa shape index (κ2) is 9.43. The van der Waals surface area contributed by atoms with Gasteiger partial charge in [-0.25, -0.2) is 9.59 Å². The molecule has 11 heteroatoms. The first kappa shape index (κ1) is 23.6. The van der Waals surface area contributed by atoms with E-state index >= 15 is 0 Å². The Balaban J connectivity index is 1.98. The number of rotatable bonds is 5. The van der Waals surface area contributed by atoms with E-state index < -0.39 is 35.8 Å². The van der Waals surface area contributed by atoms with Crippen LogP contribution in [0.2, 0.25) is 0 Å². The number of thiophene rings is 1. The van der Waals surface area contributed by atoms with Crippen LogP contribution >= 0.6 is 11.3 Å². The molecule has 0 saturated carbocycles. The molecule has 166 valence electrons. The number of carboxylic acid groups (broad SMARTS) is 1. The lowest BCUT2D eigenvalue weighted by Crippen LogP contribution is -2.46. The lowest BCUT2D eigenvalue weighted by atomic mass is 10.1. The van der Waals surface area contributed by atoms with Crippen molar-refractivity contribution in [1.82, 2.24) is 15.5 Å². The largest absolute Gasteiger partial charge is 0.465 e. The minimum atomic E-state index is -1.16. The molecular formula is C19H28N4O6S. The zero-order chi connectivity index (χ0) is 22.6. The van der Waals surface area contributed by atoms with E-state index in [0.717, 1.165) is 9.78 Å². The zero-order valence-electron chi connectivity index (χ0n) is 17.6. The summed E-state index contributed by atoms with van der Waals surface area (Å²) in [6, 6.07) is 0.473. The molecule has 0 aromatic carbocycles. The molecule has 0 aliphatic carbocycles. The van der Waals surface area contributed by atoms with Gasteiger partial charge in [0.1, 0.15) is 17.5 Å². The molecule has 1 aromatic rings. The van der Waals surface area contributed by atoms with Crippen LogP contribution in [0.3, 0.4) is 0 Å². The van der Waals surface area contributed by atoms with Crippen LogP contribution in [0.1, 0.15) is 50.6 Å². The number of nitrogens with one attached hydrogen (secondary N) is 3. The molecule has 1 saturated heterocycles. The van der Waals surface area contributed by atoms with Crippen LogP contribution in [0, 0.1) is 5.41 Å². The van der Waals surface area contributed by atoms with Gasteiger partial charge in [0.25, 0.3) is 0 Å². The lowest BCUT2D eigenvalue weighted by Gasteiger charge is -2.22. The van der Waals surface area contributed by atoms with Crippen molar-refractivity contribution >= 4 is 35.3 Å². The number of alkyl carbamates (subject to hydrolysis) is 1. The minimum absolute atomic E-state index is 0.110. The maximum absolute atomic E-state index is 12.6. The van der Waals surface area contributed by atoms with Gasteiger partial charge in [-0.3, -0.25) is 20.4 Å². The molecule has 0 bridgehead atoms. The van der Waals surface area contributed by atoms with Crippen LogP contribution in [-0.4, -0.2) is 65.3 Å². The van der Waals surface area contributed by atoms with Crippen LogP contribution in [0.4, 0.5) is 9.59 Å². The third-order valence-electron chi connectivity index (χ3n) is 4.46. The van der Waals surface area contributed by atoms with E-state index in [1.165, 1.54) is 18.4 Å². The first-order valence-corrected chi connectivity index (χ1v) is 10.3. The average molecular weight is 441 g/mol. The molecule has 2 rings (SSSR count). The Bertz CT molecular complexity index is 818. The van der Waals surface area contributed by atoms with Crippen LogP contribution in [0.5, 0.6) is 0 Å². The summed E-state index contributed by atoms with van der Waals surface area (Å²) in [7, 11) is 1.49. The minimum Gasteiger partial charge on any atom is -0.465 e. The lowest BCUT2D eigenvalue weighted by molar-refractivity contribution is -0.125. The van der Waals surface area contributed by atoms with Crippen molar-refractivity contribution < 1.29 is 29.0 Å². The topological polar surface area (TPSA) is 141 Å². The predicted molar refractivity (Wildman–Crippen MR) is 111 cm³/mol. The van der Waals surface area contributed by atoms with Gasteiger partial charge in [-0.15, -0.1) is 11.3 Å². The van der Waals surface area contributed by atoms with E-state index in [-0.39, 0.29) is 18.5 Å². The number of carbonyl (C=O) groups is 3. The Morgan fingerprint density at radius 2 is 2.03 bits per heavy atom. The highest BCUT2D eigenvalue weighted by Gasteiger charge is 2.40. The van der Waals surface area contributed by atoms with Crippen LogP contribution in [0.25, 0.3) is 0 Å². The summed E-state index contributed by atoms with van der Waals surface area (Å²) in [6.07, 6.45) is -1.91. The van der Waals surface area contributed by atoms with E-state index in [9.17, 15) is 19.5 Å². The van der Waals surface area contributed by atoms with Gasteiger partial charge in [-0.2, -0.15) is 0 Å². The quantitative estimate of drug-likeness (QED) is 0.410. The normalized spacial score (nSPS) is 19.8. The summed E-state index contributed by atoms with van der Waals surface area (Å²) in [4.78, 5) is 37.7. The SMILES string of the molecule is CO[C@@H]1C[C@@H](C(=O)N[C@H](C)c2cc(C(=N)NC(=O)OC(C)(C)C)cs2)N(C(=O)O)C1. The maximum Gasteiger partial charge on any atom is 0.413 e. The van der Waals surface area contributed by atoms with E-state index in [1.54, 1.807) is 39.1 Å². The fourth-order valence-electron chi connectivity index (χ4n) is 3.00. The van der Waals surface area contributed by atoms with E-state index in [4.69, 9.17) is 14.9 Å². The highest BCUT2D eigenvalue weighted by Crippen LogP contribution is 2.25. The number of nitrogens with zero attached hydrogens (tertiary/aromatic N) is 1. The van der Waals surface area contributed by atoms with Gasteiger partial charge in [0.2, 0.25) is 5.91 Å². The third kappa shape index (κ3) is 6.17. The smallest absolute Gasteiger partial charge is 0.413 e. The summed E-state index contributed by atoms with van der Waals surface area (Å²) >= 11 is 1.32. The highest BCUT2D eigenvalue weighted by atomic mass is 32.1. The van der Waals surface area contributed by atoms with Gasteiger partial charge < -0.3 is 19.9 Å². The number of hydrogen-bond donors (Lipinski definition) is 4. The summed E-state index contributed by atoms with van der Waals surface area (Å²) in [5.74, 6) is -0.512. The van der Waals surface area contributed by atoms with Gasteiger partial charge >= 0.3 is 12.2 Å². The van der Waals surface area contributed by atoms with E-state index in [1.807, 2.05) is 0 Å². The first-order valence-electron chi connectivity index (χ1n) is 9.41. The number of hydrogen-bond acceptors (Lipinski definition) is 7. The molecule has 30 heavy (non-hydrogen) atoms. The third-order valence-corrected chi connectivity index (χ3v) is 5.58. The molecule has 3 amide bonds. The highest BCUT2D eigenvalue weighted by molar-refractivity contribution is 7.10. The van der Waals surface area contributed by atoms with Crippen molar-refractivity contribution in [2.75, 3.05) is 13.7 Å². The molecule has 4 N–H and O–H groups in total. The standard InChI is InChI=1S/C19H28N4O6S/c1-10(21-16(24)13-7-12(28-5)8-23(13)18(26)27)14-6-11(9-30-14)15(20)22-17(25)29-19(2,3)4/h6,9-10,12-13H,7-8H2,1-5H3,(H,21,24)(H,26,27)(H2,20,22,25)/t10-,12-,13+/m1/s1. The summed E-state index contributed by atoms with van der Waals surface area (Å²) in [5, 5.41) is 24.3. The molecule has 0 radical (unpaired) electrons. The van der Waals surface area contributed by atoms with Gasteiger partial charge in [0.05, 0.1) is 18.7 Å². The summed E-state index contributed by atoms with van der Waals surface area (Å²) < 4.78 is 10.3. The number of ether oxygens (including phenoxy) is 2. The van der Waals surface area contributed by atoms with Gasteiger partial charge in [0, 0.05) is 29.4 Å². The van der Waals surface area contributed by atoms with Gasteiger partial charge in [0.15, 0.2) is 0 Å². The second-order valence-electron chi connectivity index (χ2n) is 8.01. The Labute approximate surface area is 179 Å². The fourth-order valence-corrected chi connectivity index (χ4v) is 3.90. The van der Waals surface area contributed by atoms with Gasteiger partial charge in [-0.05, 0) is 33.8 Å². The predicted octanol–water partition coefficient (Wildman–Crippen LogP) is 2.54. The zero-order valence-corrected chi connectivity index (χ0v) is 18.5. The molecule has 0 unspecified atom stereocenters. The van der Waals surface area contributed by atoms with E-state index in [0.29, 0.717) is 12.0 Å². The molecule has 0 spiro atoms. The Morgan fingerprint density at radius 3 is 2.60 bits per heavy atom. The van der Waals surface area contributed by atoms with Crippen LogP contribution in [0.15, 0.2) is 11.4 Å². The molecule has 1 aliphatic rings. The molecular weight excluding hydrogens is 412 g/mol. The molecule has 3 atom stereocenters. The Morgan fingerprint density at radius 1 is 1.37 bits per heavy atom. The average Bonchev–Trinajstić information content (AvgIpc) is 3.27. The molecule has 1 aliphatic heterocycles. The Kier molecular flexibility index (Phi) is 7.43. The number of amidine groups is 1. The molecule has 2 heterocycles. The molecule has 1 fully saturated rings. The van der Waals surface area contributed by atoms with Crippen molar-refractivity contribution in [1.29, 1.82) is 5.41 Å². The van der Waals surface area contributed by atoms with Crippen LogP contribution in [-0.2, 0) is 14.3 Å². The van der Waals surface area contributed by atoms with Crippen molar-refractivity contribution in [2.45, 2.75) is 57.9 Å². The fraction of sp³-hybridized carbons (Fsp3) is 0.579. The van der Waals surface area contributed by atoms with Crippen LogP contribution < -0.4 is 10.6 Å². The number of amides is 3. The maximum atomic E-state index is 12.6. The monoisotopic (exact) mass is 440 g/mol. The summed E-state index contributed by atoms with van der Waals surface area (Å²) in [5.41, 5.74) is -0.191. The Hall–Kier alpha value is -2.66. The van der Waals surface area contributed by atoms with Crippen molar-refractivity contribution in [3.8, 4) is 0 Å².